The van der Waals surface area contributed by atoms with Crippen LogP contribution in [0.2, 0.25) is 0 Å². The van der Waals surface area contributed by atoms with E-state index in [2.05, 4.69) is 46.8 Å². The van der Waals surface area contributed by atoms with Crippen molar-refractivity contribution in [2.75, 3.05) is 26.3 Å². The molecule has 0 spiro atoms. The largest absolute Gasteiger partial charge is 0.489 e. The van der Waals surface area contributed by atoms with Gasteiger partial charge in [-0.1, -0.05) is 19.9 Å². The lowest BCUT2D eigenvalue weighted by Crippen LogP contribution is -2.52. The van der Waals surface area contributed by atoms with E-state index in [0.717, 1.165) is 82.8 Å². The summed E-state index contributed by atoms with van der Waals surface area (Å²) in [6.45, 7) is 8.16. The van der Waals surface area contributed by atoms with E-state index < -0.39 is 0 Å². The Kier molecular flexibility index (Phi) is 5.22. The molecule has 0 amide bonds. The van der Waals surface area contributed by atoms with Gasteiger partial charge in [0.05, 0.1) is 35.4 Å². The second-order valence-electron chi connectivity index (χ2n) is 10.3. The fourth-order valence-electron chi connectivity index (χ4n) is 5.91. The number of nitrogens with zero attached hydrogens (tertiary/aromatic N) is 2. The molecular weight excluding hydrogens is 492 g/mol. The Morgan fingerprint density at radius 2 is 1.91 bits per heavy atom. The third-order valence-corrected chi connectivity index (χ3v) is 8.67. The minimum Gasteiger partial charge on any atom is -0.489 e. The van der Waals surface area contributed by atoms with Crippen molar-refractivity contribution in [1.29, 1.82) is 5.26 Å². The number of ketones is 1. The maximum Gasteiger partial charge on any atom is 0.193 e. The summed E-state index contributed by atoms with van der Waals surface area (Å²) in [5, 5.41) is 9.32. The molecular formula is C28H27BrN2O3. The van der Waals surface area contributed by atoms with Gasteiger partial charge in [-0.15, -0.1) is 0 Å². The number of allylic oxidation sites excluding steroid dienone is 2. The zero-order valence-electron chi connectivity index (χ0n) is 19.5. The molecule has 0 saturated carbocycles. The van der Waals surface area contributed by atoms with Crippen molar-refractivity contribution in [2.24, 2.45) is 0 Å². The molecule has 174 valence electrons. The number of ether oxygens (including phenoxy) is 2. The highest BCUT2D eigenvalue weighted by Gasteiger charge is 2.43. The van der Waals surface area contributed by atoms with Crippen molar-refractivity contribution in [3.8, 4) is 11.8 Å². The van der Waals surface area contributed by atoms with Gasteiger partial charge in [0.15, 0.2) is 5.78 Å². The van der Waals surface area contributed by atoms with Crippen LogP contribution < -0.4 is 4.74 Å². The van der Waals surface area contributed by atoms with Crippen LogP contribution in [0.15, 0.2) is 40.4 Å². The van der Waals surface area contributed by atoms with E-state index in [0.29, 0.717) is 18.0 Å². The van der Waals surface area contributed by atoms with Crippen LogP contribution in [0.4, 0.5) is 0 Å². The molecule has 0 unspecified atom stereocenters. The normalized spacial score (nSPS) is 22.0. The van der Waals surface area contributed by atoms with Crippen molar-refractivity contribution >= 4 is 27.3 Å². The summed E-state index contributed by atoms with van der Waals surface area (Å²) in [6, 6.07) is 12.5. The molecule has 0 atom stereocenters. The second-order valence-corrected chi connectivity index (χ2v) is 11.2. The lowest BCUT2D eigenvalue weighted by molar-refractivity contribution is -0.0778. The Morgan fingerprint density at radius 3 is 2.59 bits per heavy atom. The molecule has 2 saturated heterocycles. The summed E-state index contributed by atoms with van der Waals surface area (Å²) in [5.41, 5.74) is 6.07. The number of Topliss-reactive ketones (excluding diaryl/α,β-unsaturated/α-hetero) is 1. The summed E-state index contributed by atoms with van der Waals surface area (Å²) >= 11 is 3.69. The van der Waals surface area contributed by atoms with Gasteiger partial charge in [0.25, 0.3) is 0 Å². The summed E-state index contributed by atoms with van der Waals surface area (Å²) < 4.78 is 12.7. The molecule has 2 aliphatic carbocycles. The molecule has 34 heavy (non-hydrogen) atoms. The van der Waals surface area contributed by atoms with Crippen LogP contribution in [-0.2, 0) is 16.6 Å². The number of rotatable bonds is 3. The lowest BCUT2D eigenvalue weighted by atomic mass is 9.68. The predicted octanol–water partition coefficient (Wildman–Crippen LogP) is 5.05. The first-order valence-electron chi connectivity index (χ1n) is 12.0. The first-order valence-corrected chi connectivity index (χ1v) is 12.8. The number of hydrogen-bond donors (Lipinski definition) is 0. The maximum atomic E-state index is 13.7. The molecule has 2 fully saturated rings. The van der Waals surface area contributed by atoms with E-state index in [1.807, 2.05) is 18.2 Å². The first kappa shape index (κ1) is 22.0. The monoisotopic (exact) mass is 518 g/mol. The van der Waals surface area contributed by atoms with Gasteiger partial charge >= 0.3 is 0 Å². The smallest absolute Gasteiger partial charge is 0.193 e. The van der Waals surface area contributed by atoms with Gasteiger partial charge in [-0.05, 0) is 81.7 Å². The third kappa shape index (κ3) is 3.37. The summed E-state index contributed by atoms with van der Waals surface area (Å²) in [7, 11) is 0. The number of benzene rings is 2. The quantitative estimate of drug-likeness (QED) is 0.569. The number of hydrogen-bond acceptors (Lipinski definition) is 5. The highest BCUT2D eigenvalue weighted by Crippen LogP contribution is 2.51. The maximum absolute atomic E-state index is 13.7. The van der Waals surface area contributed by atoms with Crippen LogP contribution in [0.3, 0.4) is 0 Å². The second kappa shape index (κ2) is 8.05. The molecule has 0 radical (unpaired) electrons. The molecule has 4 aliphatic rings. The number of nitriles is 1. The number of carbonyl (C=O) groups is 1. The van der Waals surface area contributed by atoms with E-state index >= 15 is 0 Å². The number of carbonyl (C=O) groups excluding carboxylic acids is 1. The first-order chi connectivity index (χ1) is 16.4. The van der Waals surface area contributed by atoms with Crippen LogP contribution in [0, 0.1) is 11.3 Å². The lowest BCUT2D eigenvalue weighted by Gasteiger charge is -2.41. The van der Waals surface area contributed by atoms with Gasteiger partial charge in [-0.25, -0.2) is 0 Å². The average Bonchev–Trinajstić information content (AvgIpc) is 3.19. The Hall–Kier alpha value is -2.46. The SMILES string of the molecule is CC1(C)C2=C(C(=O)c3cc(Br)c(OC4CCN(C5COC5)CC4)cc31)c1ccc(C#N)cc1C2. The van der Waals surface area contributed by atoms with Gasteiger partial charge < -0.3 is 9.47 Å². The standard InChI is InChI=1S/C28H27BrN2O3/c1-28(2)22-12-25(34-19-5-7-31(8-6-19)18-14-33-15-18)24(29)11-21(22)27(32)26-20-4-3-16(13-30)9-17(20)10-23(26)28/h3-4,9,11-12,18-19H,5-8,10,14-15H2,1-2H3. The summed E-state index contributed by atoms with van der Waals surface area (Å²) in [5.74, 6) is 0.882. The van der Waals surface area contributed by atoms with Crippen LogP contribution in [0.1, 0.15) is 59.3 Å². The van der Waals surface area contributed by atoms with Crippen LogP contribution >= 0.6 is 15.9 Å². The van der Waals surface area contributed by atoms with Gasteiger partial charge in [0.1, 0.15) is 11.9 Å². The van der Waals surface area contributed by atoms with Crippen LogP contribution in [-0.4, -0.2) is 49.1 Å². The van der Waals surface area contributed by atoms with Crippen LogP contribution in [0.25, 0.3) is 5.57 Å². The van der Waals surface area contributed by atoms with E-state index in [4.69, 9.17) is 9.47 Å². The van der Waals surface area contributed by atoms with Crippen molar-refractivity contribution in [3.63, 3.8) is 0 Å². The van der Waals surface area contributed by atoms with Crippen molar-refractivity contribution < 1.29 is 14.3 Å². The van der Waals surface area contributed by atoms with Crippen molar-refractivity contribution in [2.45, 2.75) is 50.7 Å². The van der Waals surface area contributed by atoms with E-state index in [-0.39, 0.29) is 17.3 Å². The molecule has 0 bridgehead atoms. The Morgan fingerprint density at radius 1 is 1.15 bits per heavy atom. The Bertz CT molecular complexity index is 1280. The van der Waals surface area contributed by atoms with Gasteiger partial charge in [-0.2, -0.15) is 5.26 Å². The fraction of sp³-hybridized carbons (Fsp3) is 0.429. The molecule has 2 heterocycles. The van der Waals surface area contributed by atoms with E-state index in [9.17, 15) is 10.1 Å². The zero-order chi connectivity index (χ0) is 23.6. The summed E-state index contributed by atoms with van der Waals surface area (Å²) in [6.07, 6.45) is 2.86. The van der Waals surface area contributed by atoms with Gasteiger partial charge in [-0.3, -0.25) is 9.69 Å². The average molecular weight is 519 g/mol. The number of fused-ring (bicyclic) bond motifs is 3. The topological polar surface area (TPSA) is 62.6 Å². The molecule has 2 aromatic rings. The minimum atomic E-state index is -0.309. The van der Waals surface area contributed by atoms with E-state index in [1.165, 1.54) is 0 Å². The molecule has 6 heteroatoms. The fourth-order valence-corrected chi connectivity index (χ4v) is 6.34. The zero-order valence-corrected chi connectivity index (χ0v) is 21.1. The molecule has 0 aromatic heterocycles. The number of likely N-dealkylation sites (tertiary alicyclic amines) is 1. The van der Waals surface area contributed by atoms with Crippen molar-refractivity contribution in [3.05, 3.63) is 68.2 Å². The molecule has 2 aromatic carbocycles. The van der Waals surface area contributed by atoms with Crippen LogP contribution in [0.5, 0.6) is 5.75 Å². The highest BCUT2D eigenvalue weighted by atomic mass is 79.9. The Labute approximate surface area is 208 Å². The number of halogens is 1. The highest BCUT2D eigenvalue weighted by molar-refractivity contribution is 9.10. The van der Waals surface area contributed by atoms with Gasteiger partial charge in [0, 0.05) is 29.6 Å². The number of piperidine rings is 1. The molecule has 5 nitrogen and oxygen atoms in total. The van der Waals surface area contributed by atoms with E-state index in [1.54, 1.807) is 6.07 Å². The predicted molar refractivity (Wildman–Crippen MR) is 133 cm³/mol. The Balaban J connectivity index is 1.29. The van der Waals surface area contributed by atoms with Crippen molar-refractivity contribution in [1.82, 2.24) is 4.90 Å². The van der Waals surface area contributed by atoms with Gasteiger partial charge in [0.2, 0.25) is 0 Å². The minimum absolute atomic E-state index is 0.0658. The molecule has 2 aliphatic heterocycles. The third-order valence-electron chi connectivity index (χ3n) is 8.05. The summed E-state index contributed by atoms with van der Waals surface area (Å²) in [4.78, 5) is 16.2. The molecule has 0 N–H and O–H groups in total. The molecule has 6 rings (SSSR count).